The molecule has 6 heterocycles. The number of amides is 2. The van der Waals surface area contributed by atoms with Crippen LogP contribution in [0.15, 0.2) is 116 Å². The largest absolute Gasteiger partial charge is 0.340 e. The van der Waals surface area contributed by atoms with E-state index in [1.807, 2.05) is 34.3 Å². The minimum absolute atomic E-state index is 0.00128. The Morgan fingerprint density at radius 2 is 0.897 bits per heavy atom. The number of hydrogen-bond acceptors (Lipinski definition) is 8. The van der Waals surface area contributed by atoms with Crippen LogP contribution in [0, 0.1) is 0 Å². The number of carbonyl (C=O) groups is 2. The van der Waals surface area contributed by atoms with Crippen LogP contribution in [-0.4, -0.2) is 104 Å². The minimum Gasteiger partial charge on any atom is -0.340 e. The van der Waals surface area contributed by atoms with Crippen molar-refractivity contribution in [2.24, 2.45) is 0 Å². The van der Waals surface area contributed by atoms with Crippen LogP contribution >= 0.6 is 86.9 Å². The molecule has 6 aromatic rings. The van der Waals surface area contributed by atoms with Crippen molar-refractivity contribution in [2.75, 3.05) is 52.4 Å². The number of piperazine rings is 2. The van der Waals surface area contributed by atoms with E-state index in [1.165, 1.54) is 58.2 Å². The maximum Gasteiger partial charge on any atom is 0.227 e. The molecule has 18 heteroatoms. The molecule has 2 N–H and O–H groups in total. The summed E-state index contributed by atoms with van der Waals surface area (Å²) in [4.78, 5) is 44.3. The molecule has 0 unspecified atom stereocenters. The Labute approximate surface area is 439 Å². The van der Waals surface area contributed by atoms with Gasteiger partial charge in [-0.1, -0.05) is 55.1 Å². The van der Waals surface area contributed by atoms with Crippen molar-refractivity contribution in [1.29, 1.82) is 0 Å². The SMILES string of the molecule is O=C(Cc1cc[n+](O)cc1)N1CCN([C@@H]2c3ncc(Br)cc3CCc3cc(Cl)cc(Br)c32)CC1.O=C(Cc1cc[n+](O)cc1)N1CCN([C@H]2c3ncc(Br)cc3CCc3cc(Cl)cc(Br)c32)CC1. The number of halogens is 6. The zero-order valence-corrected chi connectivity index (χ0v) is 44.7. The van der Waals surface area contributed by atoms with Gasteiger partial charge in [0.2, 0.25) is 36.6 Å². The third-order valence-electron chi connectivity index (χ3n) is 13.2. The highest BCUT2D eigenvalue weighted by atomic mass is 79.9. The van der Waals surface area contributed by atoms with Gasteiger partial charge in [0.05, 0.1) is 36.3 Å². The Morgan fingerprint density at radius 1 is 0.544 bits per heavy atom. The fraction of sp³-hybridized carbons (Fsp3) is 0.320. The standard InChI is InChI=1S/2C25H24Br2ClN4O2/c2*26-19-12-18-2-1-17-13-20(28)14-21(27)23(17)25(24(18)29-15-19)31-9-7-30(8-10-31)22(33)11-16-3-5-32(34)6-4-16/h2*3-6,12-15,25,34H,1-2,7-11H2/q2*+1/t2*25-/m10/s1. The van der Waals surface area contributed by atoms with E-state index < -0.39 is 0 Å². The molecule has 10 rings (SSSR count). The summed E-state index contributed by atoms with van der Waals surface area (Å²) in [7, 11) is 0. The summed E-state index contributed by atoms with van der Waals surface area (Å²) in [6.45, 7) is 5.67. The lowest BCUT2D eigenvalue weighted by atomic mass is 9.96. The summed E-state index contributed by atoms with van der Waals surface area (Å²) in [5, 5.41) is 20.3. The van der Waals surface area contributed by atoms with Crippen LogP contribution in [0.3, 0.4) is 0 Å². The smallest absolute Gasteiger partial charge is 0.227 e. The Kier molecular flexibility index (Phi) is 15.5. The highest BCUT2D eigenvalue weighted by molar-refractivity contribution is 9.11. The van der Waals surface area contributed by atoms with Crippen molar-refractivity contribution >= 4 is 98.7 Å². The molecule has 2 saturated heterocycles. The van der Waals surface area contributed by atoms with Gasteiger partial charge in [-0.25, -0.2) is 0 Å². The van der Waals surface area contributed by atoms with Gasteiger partial charge in [0.15, 0.2) is 0 Å². The van der Waals surface area contributed by atoms with Crippen LogP contribution in [0.4, 0.5) is 0 Å². The number of fused-ring (bicyclic) bond motifs is 4. The molecule has 2 amide bonds. The number of benzene rings is 2. The third-order valence-corrected chi connectivity index (χ3v) is 15.8. The monoisotopic (exact) mass is 1210 g/mol. The van der Waals surface area contributed by atoms with Gasteiger partial charge >= 0.3 is 0 Å². The molecule has 2 fully saturated rings. The summed E-state index contributed by atoms with van der Waals surface area (Å²) in [6, 6.07) is 19.5. The topological polar surface area (TPSA) is 121 Å². The van der Waals surface area contributed by atoms with Crippen LogP contribution in [0.25, 0.3) is 0 Å². The van der Waals surface area contributed by atoms with E-state index in [2.05, 4.69) is 97.8 Å². The van der Waals surface area contributed by atoms with Crippen molar-refractivity contribution in [1.82, 2.24) is 29.6 Å². The number of carbonyl (C=O) groups excluding carboxylic acids is 2. The molecule has 2 aliphatic heterocycles. The molecule has 0 spiro atoms. The lowest BCUT2D eigenvalue weighted by molar-refractivity contribution is -0.904. The molecule has 4 aromatic heterocycles. The lowest BCUT2D eigenvalue weighted by Crippen LogP contribution is -2.50. The quantitative estimate of drug-likeness (QED) is 0.126. The molecular weight excluding hydrogens is 1170 g/mol. The number of aryl methyl sites for hydroxylation is 4. The average molecular weight is 1220 g/mol. The van der Waals surface area contributed by atoms with Gasteiger partial charge in [-0.2, -0.15) is 0 Å². The first-order valence-electron chi connectivity index (χ1n) is 22.4. The predicted molar refractivity (Wildman–Crippen MR) is 272 cm³/mol. The average Bonchev–Trinajstić information content (AvgIpc) is 3.58. The molecule has 0 saturated carbocycles. The number of hydrogen-bond donors (Lipinski definition) is 2. The molecule has 0 bridgehead atoms. The molecule has 2 aromatic carbocycles. The summed E-state index contributed by atoms with van der Waals surface area (Å²) in [6.07, 6.45) is 14.2. The van der Waals surface area contributed by atoms with E-state index in [-0.39, 0.29) is 23.9 Å². The highest BCUT2D eigenvalue weighted by Crippen LogP contribution is 2.43. The van der Waals surface area contributed by atoms with Gasteiger partial charge in [0.25, 0.3) is 0 Å². The fourth-order valence-electron chi connectivity index (χ4n) is 9.87. The summed E-state index contributed by atoms with van der Waals surface area (Å²) in [5.41, 5.74) is 11.3. The van der Waals surface area contributed by atoms with Gasteiger partial charge in [0, 0.05) is 126 Å². The lowest BCUT2D eigenvalue weighted by Gasteiger charge is -2.40. The summed E-state index contributed by atoms with van der Waals surface area (Å²) < 4.78 is 5.93. The number of rotatable bonds is 6. The normalized spacial score (nSPS) is 18.2. The third kappa shape index (κ3) is 11.1. The Morgan fingerprint density at radius 3 is 1.26 bits per heavy atom. The number of aromatic nitrogens is 4. The second kappa shape index (κ2) is 21.6. The van der Waals surface area contributed by atoms with E-state index in [9.17, 15) is 20.0 Å². The van der Waals surface area contributed by atoms with Gasteiger partial charge < -0.3 is 9.80 Å². The maximum absolute atomic E-state index is 12.9. The van der Waals surface area contributed by atoms with Gasteiger partial charge in [-0.3, -0.25) is 39.8 Å². The van der Waals surface area contributed by atoms with E-state index in [0.29, 0.717) is 39.0 Å². The van der Waals surface area contributed by atoms with E-state index in [4.69, 9.17) is 33.2 Å². The Hall–Kier alpha value is -4.00. The Bertz CT molecular complexity index is 2650. The van der Waals surface area contributed by atoms with Crippen LogP contribution in [0.5, 0.6) is 0 Å². The van der Waals surface area contributed by atoms with Crippen molar-refractivity contribution in [2.45, 2.75) is 50.6 Å². The minimum atomic E-state index is -0.00128. The first-order valence-corrected chi connectivity index (χ1v) is 26.4. The van der Waals surface area contributed by atoms with E-state index in [1.54, 1.807) is 24.3 Å². The highest BCUT2D eigenvalue weighted by Gasteiger charge is 2.37. The fourth-order valence-corrected chi connectivity index (χ4v) is 12.8. The molecule has 0 radical (unpaired) electrons. The second-order valence-electron chi connectivity index (χ2n) is 17.5. The van der Waals surface area contributed by atoms with Crippen LogP contribution < -0.4 is 9.46 Å². The maximum atomic E-state index is 12.9. The number of pyridine rings is 4. The molecule has 2 aliphatic carbocycles. The zero-order chi connectivity index (χ0) is 47.6. The Balaban J connectivity index is 0.000000170. The van der Waals surface area contributed by atoms with Crippen molar-refractivity contribution in [3.05, 3.63) is 182 Å². The van der Waals surface area contributed by atoms with E-state index in [0.717, 1.165) is 112 Å². The van der Waals surface area contributed by atoms with Crippen molar-refractivity contribution in [3.8, 4) is 0 Å². The molecular formula is C50H48Br4Cl2N8O4+2. The predicted octanol–water partition coefficient (Wildman–Crippen LogP) is 8.72. The summed E-state index contributed by atoms with van der Waals surface area (Å²) >= 11 is 27.6. The van der Waals surface area contributed by atoms with Gasteiger partial charge in [0.1, 0.15) is 0 Å². The van der Waals surface area contributed by atoms with Crippen LogP contribution in [0.1, 0.15) is 68.0 Å². The first-order chi connectivity index (χ1) is 32.8. The van der Waals surface area contributed by atoms with Crippen molar-refractivity contribution < 1.29 is 29.5 Å². The molecule has 352 valence electrons. The van der Waals surface area contributed by atoms with Crippen LogP contribution in [0.2, 0.25) is 10.0 Å². The zero-order valence-electron chi connectivity index (χ0n) is 36.8. The summed E-state index contributed by atoms with van der Waals surface area (Å²) in [5.74, 6) is 0.207. The van der Waals surface area contributed by atoms with Gasteiger partial charge in [-0.15, -0.1) is 0 Å². The van der Waals surface area contributed by atoms with Crippen molar-refractivity contribution in [3.63, 3.8) is 0 Å². The number of nitrogens with zero attached hydrogens (tertiary/aromatic N) is 8. The second-order valence-corrected chi connectivity index (χ2v) is 21.9. The van der Waals surface area contributed by atoms with E-state index >= 15 is 0 Å². The van der Waals surface area contributed by atoms with Gasteiger partial charge in [-0.05, 0) is 138 Å². The molecule has 2 atom stereocenters. The molecule has 4 aliphatic rings. The molecule has 68 heavy (non-hydrogen) atoms. The first kappa shape index (κ1) is 49.0. The molecule has 12 nitrogen and oxygen atoms in total. The van der Waals surface area contributed by atoms with Crippen LogP contribution in [-0.2, 0) is 48.1 Å².